The van der Waals surface area contributed by atoms with Crippen molar-refractivity contribution >= 4 is 28.9 Å². The lowest BCUT2D eigenvalue weighted by molar-refractivity contribution is -0.136. The molecule has 1 atom stereocenters. The maximum atomic E-state index is 13.4. The van der Waals surface area contributed by atoms with Gasteiger partial charge in [0.15, 0.2) is 0 Å². The SMILES string of the molecule is CN(C)c1ccc(C(CNC(=O)C(=O)Nc2cccc(F)c2)N2CCc3ccccc32)cc1. The normalized spacial score (nSPS) is 13.2. The van der Waals surface area contributed by atoms with Gasteiger partial charge in [0.05, 0.1) is 6.04 Å². The Morgan fingerprint density at radius 3 is 2.48 bits per heavy atom. The summed E-state index contributed by atoms with van der Waals surface area (Å²) in [5, 5.41) is 5.21. The molecule has 1 aliphatic heterocycles. The number of benzene rings is 3. The van der Waals surface area contributed by atoms with Crippen LogP contribution in [0.25, 0.3) is 0 Å². The molecule has 3 aromatic rings. The molecule has 0 saturated heterocycles. The molecule has 4 rings (SSSR count). The summed E-state index contributed by atoms with van der Waals surface area (Å²) in [7, 11) is 3.97. The van der Waals surface area contributed by atoms with Crippen molar-refractivity contribution in [3.05, 3.63) is 89.7 Å². The monoisotopic (exact) mass is 446 g/mol. The summed E-state index contributed by atoms with van der Waals surface area (Å²) in [6.07, 6.45) is 0.927. The Hall–Kier alpha value is -3.87. The average Bonchev–Trinajstić information content (AvgIpc) is 3.23. The van der Waals surface area contributed by atoms with E-state index >= 15 is 0 Å². The van der Waals surface area contributed by atoms with Crippen LogP contribution < -0.4 is 20.4 Å². The largest absolute Gasteiger partial charge is 0.378 e. The van der Waals surface area contributed by atoms with Gasteiger partial charge in [-0.25, -0.2) is 4.39 Å². The molecule has 6 nitrogen and oxygen atoms in total. The minimum Gasteiger partial charge on any atom is -0.378 e. The van der Waals surface area contributed by atoms with E-state index in [0.717, 1.165) is 29.9 Å². The molecule has 1 heterocycles. The number of anilines is 3. The van der Waals surface area contributed by atoms with Crippen molar-refractivity contribution in [2.24, 2.45) is 0 Å². The standard InChI is InChI=1S/C26H27FN4O2/c1-30(2)22-12-10-19(11-13-22)24(31-15-14-18-6-3-4-9-23(18)31)17-28-25(32)26(33)29-21-8-5-7-20(27)16-21/h3-13,16,24H,14-15,17H2,1-2H3,(H,28,32)(H,29,33). The second-order valence-corrected chi connectivity index (χ2v) is 8.25. The first-order valence-electron chi connectivity index (χ1n) is 10.9. The van der Waals surface area contributed by atoms with Gasteiger partial charge >= 0.3 is 11.8 Å². The Balaban J connectivity index is 1.51. The smallest absolute Gasteiger partial charge is 0.313 e. The molecular formula is C26H27FN4O2. The van der Waals surface area contributed by atoms with E-state index in [1.807, 2.05) is 43.3 Å². The number of hydrogen-bond donors (Lipinski definition) is 2. The van der Waals surface area contributed by atoms with E-state index in [1.54, 1.807) is 0 Å². The lowest BCUT2D eigenvalue weighted by atomic mass is 10.0. The molecular weight excluding hydrogens is 419 g/mol. The molecule has 0 aliphatic carbocycles. The van der Waals surface area contributed by atoms with Crippen molar-refractivity contribution in [3.8, 4) is 0 Å². The van der Waals surface area contributed by atoms with Crippen molar-refractivity contribution in [3.63, 3.8) is 0 Å². The summed E-state index contributed by atoms with van der Waals surface area (Å²) in [6, 6.07) is 21.7. The van der Waals surface area contributed by atoms with Gasteiger partial charge in [-0.2, -0.15) is 0 Å². The van der Waals surface area contributed by atoms with E-state index in [1.165, 1.54) is 29.8 Å². The highest BCUT2D eigenvalue weighted by molar-refractivity contribution is 6.39. The van der Waals surface area contributed by atoms with Crippen molar-refractivity contribution < 1.29 is 14.0 Å². The zero-order valence-electron chi connectivity index (χ0n) is 18.7. The van der Waals surface area contributed by atoms with Gasteiger partial charge < -0.3 is 20.4 Å². The molecule has 0 saturated carbocycles. The van der Waals surface area contributed by atoms with Crippen LogP contribution in [0, 0.1) is 5.82 Å². The minimum atomic E-state index is -0.830. The molecule has 0 spiro atoms. The molecule has 2 N–H and O–H groups in total. The fourth-order valence-corrected chi connectivity index (χ4v) is 4.11. The fraction of sp³-hybridized carbons (Fsp3) is 0.231. The number of amides is 2. The number of hydrogen-bond acceptors (Lipinski definition) is 4. The highest BCUT2D eigenvalue weighted by atomic mass is 19.1. The molecule has 1 aliphatic rings. The van der Waals surface area contributed by atoms with Crippen LogP contribution >= 0.6 is 0 Å². The van der Waals surface area contributed by atoms with E-state index < -0.39 is 17.6 Å². The first-order chi connectivity index (χ1) is 15.9. The molecule has 0 bridgehead atoms. The third-order valence-electron chi connectivity index (χ3n) is 5.84. The second-order valence-electron chi connectivity index (χ2n) is 8.25. The Labute approximate surface area is 193 Å². The number of carbonyl (C=O) groups is 2. The van der Waals surface area contributed by atoms with Crippen LogP contribution in [0.1, 0.15) is 17.2 Å². The van der Waals surface area contributed by atoms with E-state index in [4.69, 9.17) is 0 Å². The number of fused-ring (bicyclic) bond motifs is 1. The lowest BCUT2D eigenvalue weighted by Crippen LogP contribution is -2.41. The molecule has 7 heteroatoms. The summed E-state index contributed by atoms with van der Waals surface area (Å²) in [6.45, 7) is 1.08. The van der Waals surface area contributed by atoms with Gasteiger partial charge in [-0.05, 0) is 53.9 Å². The van der Waals surface area contributed by atoms with Crippen LogP contribution in [0.15, 0.2) is 72.8 Å². The van der Waals surface area contributed by atoms with Gasteiger partial charge in [-0.1, -0.05) is 36.4 Å². The predicted molar refractivity (Wildman–Crippen MR) is 129 cm³/mol. The Kier molecular flexibility index (Phi) is 6.58. The van der Waals surface area contributed by atoms with Gasteiger partial charge in [0.25, 0.3) is 0 Å². The number of rotatable bonds is 6. The molecule has 0 aromatic heterocycles. The van der Waals surface area contributed by atoms with E-state index in [-0.39, 0.29) is 18.3 Å². The molecule has 0 radical (unpaired) electrons. The predicted octanol–water partition coefficient (Wildman–Crippen LogP) is 3.75. The Morgan fingerprint density at radius 2 is 1.76 bits per heavy atom. The fourth-order valence-electron chi connectivity index (χ4n) is 4.11. The van der Waals surface area contributed by atoms with Crippen molar-refractivity contribution in [2.45, 2.75) is 12.5 Å². The van der Waals surface area contributed by atoms with Gasteiger partial charge in [0.1, 0.15) is 5.82 Å². The summed E-state index contributed by atoms with van der Waals surface area (Å²) < 4.78 is 13.4. The van der Waals surface area contributed by atoms with Gasteiger partial charge in [-0.15, -0.1) is 0 Å². The molecule has 170 valence electrons. The highest BCUT2D eigenvalue weighted by Crippen LogP contribution is 2.35. The van der Waals surface area contributed by atoms with Gasteiger partial charge in [0, 0.05) is 44.2 Å². The second kappa shape index (κ2) is 9.73. The van der Waals surface area contributed by atoms with E-state index in [0.29, 0.717) is 0 Å². The van der Waals surface area contributed by atoms with Crippen LogP contribution in [0.4, 0.5) is 21.5 Å². The maximum absolute atomic E-state index is 13.4. The summed E-state index contributed by atoms with van der Waals surface area (Å²) in [5.41, 5.74) is 4.76. The summed E-state index contributed by atoms with van der Waals surface area (Å²) >= 11 is 0. The zero-order valence-corrected chi connectivity index (χ0v) is 18.7. The molecule has 2 amide bonds. The highest BCUT2D eigenvalue weighted by Gasteiger charge is 2.28. The molecule has 1 unspecified atom stereocenters. The van der Waals surface area contributed by atoms with Crippen LogP contribution in [0.2, 0.25) is 0 Å². The number of nitrogens with one attached hydrogen (secondary N) is 2. The summed E-state index contributed by atoms with van der Waals surface area (Å²) in [5.74, 6) is -2.08. The number of para-hydroxylation sites is 1. The zero-order chi connectivity index (χ0) is 23.4. The van der Waals surface area contributed by atoms with Gasteiger partial charge in [-0.3, -0.25) is 9.59 Å². The Morgan fingerprint density at radius 1 is 1.00 bits per heavy atom. The van der Waals surface area contributed by atoms with Gasteiger partial charge in [0.2, 0.25) is 0 Å². The number of nitrogens with zero attached hydrogens (tertiary/aromatic N) is 2. The molecule has 33 heavy (non-hydrogen) atoms. The first kappa shape index (κ1) is 22.3. The third-order valence-corrected chi connectivity index (χ3v) is 5.84. The molecule has 3 aromatic carbocycles. The van der Waals surface area contributed by atoms with Crippen LogP contribution in [0.3, 0.4) is 0 Å². The van der Waals surface area contributed by atoms with Crippen molar-refractivity contribution in [1.82, 2.24) is 5.32 Å². The summed E-state index contributed by atoms with van der Waals surface area (Å²) in [4.78, 5) is 29.2. The average molecular weight is 447 g/mol. The quantitative estimate of drug-likeness (QED) is 0.566. The van der Waals surface area contributed by atoms with E-state index in [2.05, 4.69) is 39.8 Å². The topological polar surface area (TPSA) is 64.7 Å². The van der Waals surface area contributed by atoms with Crippen LogP contribution in [-0.2, 0) is 16.0 Å². The minimum absolute atomic E-state index is 0.143. The van der Waals surface area contributed by atoms with E-state index in [9.17, 15) is 14.0 Å². The van der Waals surface area contributed by atoms with Crippen LogP contribution in [-0.4, -0.2) is 39.0 Å². The Bertz CT molecular complexity index is 1150. The first-order valence-corrected chi connectivity index (χ1v) is 10.9. The van der Waals surface area contributed by atoms with Crippen molar-refractivity contribution in [2.75, 3.05) is 42.3 Å². The number of carbonyl (C=O) groups excluding carboxylic acids is 2. The van der Waals surface area contributed by atoms with Crippen molar-refractivity contribution in [1.29, 1.82) is 0 Å². The maximum Gasteiger partial charge on any atom is 0.313 e. The number of halogens is 1. The lowest BCUT2D eigenvalue weighted by Gasteiger charge is -2.31. The third kappa shape index (κ3) is 5.14. The van der Waals surface area contributed by atoms with Crippen LogP contribution in [0.5, 0.6) is 0 Å². The molecule has 0 fully saturated rings.